The monoisotopic (exact) mass is 265 g/mol. The molecule has 102 valence electrons. The van der Waals surface area contributed by atoms with Gasteiger partial charge in [0.1, 0.15) is 0 Å². The van der Waals surface area contributed by atoms with E-state index in [2.05, 4.69) is 0 Å². The van der Waals surface area contributed by atoms with Gasteiger partial charge in [-0.15, -0.1) is 0 Å². The van der Waals surface area contributed by atoms with Gasteiger partial charge in [0.25, 0.3) is 0 Å². The Hall–Kier alpha value is -2.35. The van der Waals surface area contributed by atoms with Gasteiger partial charge in [0.05, 0.1) is 0 Å². The van der Waals surface area contributed by atoms with E-state index < -0.39 is 0 Å². The summed E-state index contributed by atoms with van der Waals surface area (Å²) in [6.45, 7) is 2.00. The van der Waals surface area contributed by atoms with Crippen LogP contribution in [0.15, 0.2) is 60.8 Å². The molecule has 0 N–H and O–H groups in total. The van der Waals surface area contributed by atoms with Crippen molar-refractivity contribution in [2.45, 2.75) is 6.92 Å². The van der Waals surface area contributed by atoms with Gasteiger partial charge in [-0.05, 0) is 24.1 Å². The second kappa shape index (κ2) is 6.20. The Morgan fingerprint density at radius 2 is 1.75 bits per heavy atom. The van der Waals surface area contributed by atoms with Crippen molar-refractivity contribution in [1.29, 1.82) is 0 Å². The molecule has 0 spiro atoms. The average Bonchev–Trinajstić information content (AvgIpc) is 2.45. The van der Waals surface area contributed by atoms with Gasteiger partial charge in [-0.2, -0.15) is 0 Å². The normalized spacial score (nSPS) is 10.8. The molecule has 0 aliphatic heterocycles. The Morgan fingerprint density at radius 1 is 1.05 bits per heavy atom. The minimum Gasteiger partial charge on any atom is -0.383 e. The van der Waals surface area contributed by atoms with E-state index in [9.17, 15) is 4.79 Å². The van der Waals surface area contributed by atoms with Crippen molar-refractivity contribution in [2.75, 3.05) is 14.1 Å². The molecule has 0 aliphatic carbocycles. The largest absolute Gasteiger partial charge is 0.383 e. The van der Waals surface area contributed by atoms with Crippen molar-refractivity contribution in [2.24, 2.45) is 0 Å². The number of carbonyl (C=O) groups is 1. The van der Waals surface area contributed by atoms with Crippen LogP contribution in [0, 0.1) is 6.92 Å². The molecule has 20 heavy (non-hydrogen) atoms. The van der Waals surface area contributed by atoms with Crippen LogP contribution in [0.4, 0.5) is 0 Å². The van der Waals surface area contributed by atoms with Crippen LogP contribution in [0.3, 0.4) is 0 Å². The SMILES string of the molecule is Cc1ccc(-c2ccccc2)c(C(=O)/C=C/N(C)C)c1. The Bertz CT molecular complexity index is 627. The van der Waals surface area contributed by atoms with E-state index in [1.54, 1.807) is 12.3 Å². The molecule has 2 rings (SSSR count). The zero-order valence-electron chi connectivity index (χ0n) is 12.1. The second-order valence-electron chi connectivity index (χ2n) is 5.06. The highest BCUT2D eigenvalue weighted by Gasteiger charge is 2.10. The lowest BCUT2D eigenvalue weighted by atomic mass is 9.95. The van der Waals surface area contributed by atoms with Crippen molar-refractivity contribution in [1.82, 2.24) is 4.90 Å². The summed E-state index contributed by atoms with van der Waals surface area (Å²) in [7, 11) is 3.80. The predicted octanol–water partition coefficient (Wildman–Crippen LogP) is 3.92. The van der Waals surface area contributed by atoms with Crippen LogP contribution < -0.4 is 0 Å². The summed E-state index contributed by atoms with van der Waals surface area (Å²) in [5, 5.41) is 0. The van der Waals surface area contributed by atoms with Gasteiger partial charge in [-0.1, -0.05) is 48.0 Å². The molecule has 0 saturated carbocycles. The molecule has 0 radical (unpaired) electrons. The third-order valence-corrected chi connectivity index (χ3v) is 3.05. The summed E-state index contributed by atoms with van der Waals surface area (Å²) in [5.41, 5.74) is 3.87. The zero-order valence-corrected chi connectivity index (χ0v) is 12.1. The van der Waals surface area contributed by atoms with E-state index in [0.717, 1.165) is 22.3 Å². The lowest BCUT2D eigenvalue weighted by molar-refractivity contribution is 0.104. The Morgan fingerprint density at radius 3 is 2.40 bits per heavy atom. The van der Waals surface area contributed by atoms with Crippen LogP contribution in [0.5, 0.6) is 0 Å². The van der Waals surface area contributed by atoms with Gasteiger partial charge in [0.2, 0.25) is 0 Å². The fraction of sp³-hybridized carbons (Fsp3) is 0.167. The molecule has 0 fully saturated rings. The maximum Gasteiger partial charge on any atom is 0.187 e. The van der Waals surface area contributed by atoms with E-state index >= 15 is 0 Å². The molecule has 0 atom stereocenters. The van der Waals surface area contributed by atoms with Crippen molar-refractivity contribution in [3.8, 4) is 11.1 Å². The molecular formula is C18H19NO. The lowest BCUT2D eigenvalue weighted by Crippen LogP contribution is -2.04. The summed E-state index contributed by atoms with van der Waals surface area (Å²) in [5.74, 6) is 0.0289. The molecule has 0 aliphatic rings. The first-order valence-electron chi connectivity index (χ1n) is 6.63. The standard InChI is InChI=1S/C18H19NO/c1-14-9-10-16(15-7-5-4-6-8-15)17(13-14)18(20)11-12-19(2)3/h4-13H,1-3H3/b12-11+. The predicted molar refractivity (Wildman–Crippen MR) is 83.8 cm³/mol. The zero-order chi connectivity index (χ0) is 14.5. The van der Waals surface area contributed by atoms with Crippen molar-refractivity contribution in [3.63, 3.8) is 0 Å². The number of hydrogen-bond acceptors (Lipinski definition) is 2. The van der Waals surface area contributed by atoms with Crippen LogP contribution in [0.1, 0.15) is 15.9 Å². The molecule has 0 saturated heterocycles. The molecule has 2 heteroatoms. The Balaban J connectivity index is 2.47. The molecule has 2 aromatic rings. The third kappa shape index (κ3) is 3.35. The second-order valence-corrected chi connectivity index (χ2v) is 5.06. The van der Waals surface area contributed by atoms with Gasteiger partial charge < -0.3 is 4.90 Å². The maximum atomic E-state index is 12.4. The minimum absolute atomic E-state index is 0.0289. The van der Waals surface area contributed by atoms with Crippen LogP contribution in [0.2, 0.25) is 0 Å². The maximum absolute atomic E-state index is 12.4. The van der Waals surface area contributed by atoms with Crippen LogP contribution in [0.25, 0.3) is 11.1 Å². The van der Waals surface area contributed by atoms with Gasteiger partial charge >= 0.3 is 0 Å². The molecule has 0 amide bonds. The Kier molecular flexibility index (Phi) is 4.36. The van der Waals surface area contributed by atoms with Crippen LogP contribution >= 0.6 is 0 Å². The fourth-order valence-electron chi connectivity index (χ4n) is 2.04. The quantitative estimate of drug-likeness (QED) is 0.617. The lowest BCUT2D eigenvalue weighted by Gasteiger charge is -2.09. The molecule has 0 aromatic heterocycles. The van der Waals surface area contributed by atoms with E-state index in [1.165, 1.54) is 0 Å². The van der Waals surface area contributed by atoms with Gasteiger partial charge in [-0.3, -0.25) is 4.79 Å². The molecular weight excluding hydrogens is 246 g/mol. The number of benzene rings is 2. The smallest absolute Gasteiger partial charge is 0.187 e. The minimum atomic E-state index is 0.0289. The van der Waals surface area contributed by atoms with E-state index in [1.807, 2.05) is 74.4 Å². The number of nitrogens with zero attached hydrogens (tertiary/aromatic N) is 1. The Labute approximate surface area is 120 Å². The summed E-state index contributed by atoms with van der Waals surface area (Å²) in [6.07, 6.45) is 3.39. The first-order valence-corrected chi connectivity index (χ1v) is 6.63. The highest BCUT2D eigenvalue weighted by atomic mass is 16.1. The summed E-state index contributed by atoms with van der Waals surface area (Å²) < 4.78 is 0. The summed E-state index contributed by atoms with van der Waals surface area (Å²) >= 11 is 0. The van der Waals surface area contributed by atoms with E-state index in [0.29, 0.717) is 0 Å². The molecule has 2 aromatic carbocycles. The van der Waals surface area contributed by atoms with Crippen molar-refractivity contribution in [3.05, 3.63) is 71.9 Å². The first kappa shape index (κ1) is 14.1. The number of carbonyl (C=O) groups excluding carboxylic acids is 1. The topological polar surface area (TPSA) is 20.3 Å². The van der Waals surface area contributed by atoms with Crippen LogP contribution in [-0.2, 0) is 0 Å². The van der Waals surface area contributed by atoms with Gasteiger partial charge in [0, 0.05) is 31.9 Å². The average molecular weight is 265 g/mol. The summed E-state index contributed by atoms with van der Waals surface area (Å²) in [6, 6.07) is 16.0. The van der Waals surface area contributed by atoms with E-state index in [-0.39, 0.29) is 5.78 Å². The number of hydrogen-bond donors (Lipinski definition) is 0. The van der Waals surface area contributed by atoms with E-state index in [4.69, 9.17) is 0 Å². The number of ketones is 1. The summed E-state index contributed by atoms with van der Waals surface area (Å²) in [4.78, 5) is 14.2. The molecule has 0 heterocycles. The number of allylic oxidation sites excluding steroid dienone is 1. The molecule has 2 nitrogen and oxygen atoms in total. The van der Waals surface area contributed by atoms with Crippen molar-refractivity contribution >= 4 is 5.78 Å². The first-order chi connectivity index (χ1) is 9.58. The molecule has 0 bridgehead atoms. The number of rotatable bonds is 4. The fourth-order valence-corrected chi connectivity index (χ4v) is 2.04. The number of aryl methyl sites for hydroxylation is 1. The third-order valence-electron chi connectivity index (χ3n) is 3.05. The van der Waals surface area contributed by atoms with Crippen LogP contribution in [-0.4, -0.2) is 24.8 Å². The van der Waals surface area contributed by atoms with Gasteiger partial charge in [-0.25, -0.2) is 0 Å². The van der Waals surface area contributed by atoms with Crippen molar-refractivity contribution < 1.29 is 4.79 Å². The van der Waals surface area contributed by atoms with Gasteiger partial charge in [0.15, 0.2) is 5.78 Å². The highest BCUT2D eigenvalue weighted by Crippen LogP contribution is 2.25. The highest BCUT2D eigenvalue weighted by molar-refractivity contribution is 6.09. The molecule has 0 unspecified atom stereocenters.